The lowest BCUT2D eigenvalue weighted by Crippen LogP contribution is -2.32. The highest BCUT2D eigenvalue weighted by Crippen LogP contribution is 2.21. The summed E-state index contributed by atoms with van der Waals surface area (Å²) in [5.41, 5.74) is 1.64. The van der Waals surface area contributed by atoms with Crippen molar-refractivity contribution in [3.05, 3.63) is 33.8 Å². The van der Waals surface area contributed by atoms with Crippen LogP contribution in [0.3, 0.4) is 0 Å². The normalized spacial score (nSPS) is 13.5. The maximum Gasteiger partial charge on any atom is 0.306 e. The Hall–Kier alpha value is -1.36. The number of carboxylic acids is 1. The molecule has 0 aliphatic rings. The van der Waals surface area contributed by atoms with Gasteiger partial charge in [-0.25, -0.2) is 0 Å². The Morgan fingerprint density at radius 1 is 1.29 bits per heavy atom. The quantitative estimate of drug-likeness (QED) is 0.782. The summed E-state index contributed by atoms with van der Waals surface area (Å²) in [5, 5.41) is 11.8. The van der Waals surface area contributed by atoms with Gasteiger partial charge in [0.2, 0.25) is 0 Å². The van der Waals surface area contributed by atoms with Crippen LogP contribution in [0.2, 0.25) is 0 Å². The predicted molar refractivity (Wildman–Crippen MR) is 86.5 cm³/mol. The number of hydrogen-bond acceptors (Lipinski definition) is 2. The Morgan fingerprint density at radius 2 is 1.95 bits per heavy atom. The molecular formula is C16H22BrNO3. The molecule has 0 bridgehead atoms. The number of nitrogens with one attached hydrogen (secondary N) is 1. The smallest absolute Gasteiger partial charge is 0.306 e. The first-order chi connectivity index (χ1) is 9.82. The highest BCUT2D eigenvalue weighted by molar-refractivity contribution is 9.10. The van der Waals surface area contributed by atoms with Gasteiger partial charge in [0, 0.05) is 10.5 Å². The van der Waals surface area contributed by atoms with Crippen LogP contribution >= 0.6 is 15.9 Å². The van der Waals surface area contributed by atoms with Crippen molar-refractivity contribution in [2.45, 2.75) is 46.1 Å². The number of hydrogen-bond donors (Lipinski definition) is 2. The van der Waals surface area contributed by atoms with Crippen molar-refractivity contribution in [1.29, 1.82) is 0 Å². The van der Waals surface area contributed by atoms with Crippen LogP contribution in [0.1, 0.15) is 49.0 Å². The molecule has 0 fully saturated rings. The minimum absolute atomic E-state index is 0.0194. The Kier molecular flexibility index (Phi) is 6.89. The van der Waals surface area contributed by atoms with E-state index in [-0.39, 0.29) is 17.9 Å². The van der Waals surface area contributed by atoms with E-state index < -0.39 is 5.97 Å². The van der Waals surface area contributed by atoms with E-state index in [0.717, 1.165) is 22.9 Å². The molecule has 0 aromatic heterocycles. The number of aryl methyl sites for hydroxylation is 1. The van der Waals surface area contributed by atoms with Gasteiger partial charge in [-0.1, -0.05) is 25.5 Å². The maximum atomic E-state index is 12.2. The molecule has 2 N–H and O–H groups in total. The Balaban J connectivity index is 2.47. The second-order valence-electron chi connectivity index (χ2n) is 5.48. The summed E-state index contributed by atoms with van der Waals surface area (Å²) >= 11 is 3.43. The van der Waals surface area contributed by atoms with E-state index in [9.17, 15) is 9.59 Å². The molecule has 1 aromatic rings. The largest absolute Gasteiger partial charge is 0.481 e. The summed E-state index contributed by atoms with van der Waals surface area (Å²) in [5.74, 6) is -1.21. The van der Waals surface area contributed by atoms with Crippen molar-refractivity contribution in [3.8, 4) is 0 Å². The van der Waals surface area contributed by atoms with Gasteiger partial charge >= 0.3 is 5.97 Å². The van der Waals surface area contributed by atoms with Crippen molar-refractivity contribution < 1.29 is 14.7 Å². The van der Waals surface area contributed by atoms with Crippen molar-refractivity contribution in [3.63, 3.8) is 0 Å². The molecular weight excluding hydrogens is 334 g/mol. The molecule has 0 saturated heterocycles. The minimum atomic E-state index is -0.768. The van der Waals surface area contributed by atoms with Crippen molar-refractivity contribution in [2.75, 3.05) is 0 Å². The lowest BCUT2D eigenvalue weighted by atomic mass is 10.0. The molecule has 2 atom stereocenters. The summed E-state index contributed by atoms with van der Waals surface area (Å²) in [7, 11) is 0. The third-order valence-corrected chi connectivity index (χ3v) is 4.56. The van der Waals surface area contributed by atoms with Crippen LogP contribution in [0.25, 0.3) is 0 Å². The van der Waals surface area contributed by atoms with E-state index in [2.05, 4.69) is 21.2 Å². The Labute approximate surface area is 134 Å². The van der Waals surface area contributed by atoms with Crippen LogP contribution in [-0.4, -0.2) is 23.0 Å². The van der Waals surface area contributed by atoms with Crippen molar-refractivity contribution in [2.24, 2.45) is 5.92 Å². The molecule has 116 valence electrons. The fourth-order valence-corrected chi connectivity index (χ4v) is 2.49. The Morgan fingerprint density at radius 3 is 2.57 bits per heavy atom. The van der Waals surface area contributed by atoms with Crippen molar-refractivity contribution >= 4 is 27.8 Å². The molecule has 0 aliphatic carbocycles. The van der Waals surface area contributed by atoms with E-state index in [1.165, 1.54) is 0 Å². The van der Waals surface area contributed by atoms with Gasteiger partial charge in [-0.15, -0.1) is 0 Å². The molecule has 21 heavy (non-hydrogen) atoms. The van der Waals surface area contributed by atoms with Crippen LogP contribution < -0.4 is 5.32 Å². The molecule has 0 saturated carbocycles. The highest BCUT2D eigenvalue weighted by Gasteiger charge is 2.15. The molecule has 0 aliphatic heterocycles. The monoisotopic (exact) mass is 355 g/mol. The summed E-state index contributed by atoms with van der Waals surface area (Å²) in [4.78, 5) is 22.9. The van der Waals surface area contributed by atoms with E-state index >= 15 is 0 Å². The maximum absolute atomic E-state index is 12.2. The van der Waals surface area contributed by atoms with Gasteiger partial charge in [0.05, 0.1) is 11.5 Å². The number of carbonyl (C=O) groups is 2. The van der Waals surface area contributed by atoms with Gasteiger partial charge in [0.15, 0.2) is 0 Å². The summed E-state index contributed by atoms with van der Waals surface area (Å²) in [6.07, 6.45) is 2.18. The van der Waals surface area contributed by atoms with Gasteiger partial charge in [0.1, 0.15) is 0 Å². The van der Waals surface area contributed by atoms with Gasteiger partial charge in [-0.3, -0.25) is 9.59 Å². The fourth-order valence-electron chi connectivity index (χ4n) is 2.05. The number of aliphatic carboxylic acids is 1. The molecule has 2 unspecified atom stereocenters. The minimum Gasteiger partial charge on any atom is -0.481 e. The first-order valence-corrected chi connectivity index (χ1v) is 7.91. The molecule has 4 nitrogen and oxygen atoms in total. The van der Waals surface area contributed by atoms with E-state index in [1.807, 2.05) is 26.0 Å². The molecule has 0 radical (unpaired) electrons. The first-order valence-electron chi connectivity index (χ1n) is 7.11. The topological polar surface area (TPSA) is 66.4 Å². The second kappa shape index (κ2) is 8.17. The third-order valence-electron chi connectivity index (χ3n) is 3.51. The molecule has 1 amide bonds. The molecule has 0 spiro atoms. The fraction of sp³-hybridized carbons (Fsp3) is 0.500. The summed E-state index contributed by atoms with van der Waals surface area (Å²) in [6, 6.07) is 5.60. The van der Waals surface area contributed by atoms with Gasteiger partial charge in [-0.2, -0.15) is 0 Å². The SMILES string of the molecule is Cc1cccc(C(=O)NC(C)CCCC(C)C(=O)O)c1Br. The van der Waals surface area contributed by atoms with Gasteiger partial charge in [0.25, 0.3) is 5.91 Å². The van der Waals surface area contributed by atoms with E-state index in [0.29, 0.717) is 12.0 Å². The number of carbonyl (C=O) groups excluding carboxylic acids is 1. The second-order valence-corrected chi connectivity index (χ2v) is 6.27. The van der Waals surface area contributed by atoms with Gasteiger partial charge in [-0.05, 0) is 54.2 Å². The molecule has 0 heterocycles. The zero-order valence-electron chi connectivity index (χ0n) is 12.6. The lowest BCUT2D eigenvalue weighted by molar-refractivity contribution is -0.141. The number of rotatable bonds is 7. The number of halogens is 1. The lowest BCUT2D eigenvalue weighted by Gasteiger charge is -2.15. The summed E-state index contributed by atoms with van der Waals surface area (Å²) in [6.45, 7) is 5.58. The number of carboxylic acid groups (broad SMARTS) is 1. The van der Waals surface area contributed by atoms with E-state index in [1.54, 1.807) is 13.0 Å². The Bertz CT molecular complexity index is 516. The number of benzene rings is 1. The molecule has 5 heteroatoms. The average Bonchev–Trinajstić information content (AvgIpc) is 2.41. The predicted octanol–water partition coefficient (Wildman–Crippen LogP) is 3.77. The standard InChI is InChI=1S/C16H22BrNO3/c1-10-6-5-9-13(14(10)17)15(19)18-12(3)8-4-7-11(2)16(20)21/h5-6,9,11-12H,4,7-8H2,1-3H3,(H,18,19)(H,20,21). The number of amides is 1. The van der Waals surface area contributed by atoms with Gasteiger partial charge < -0.3 is 10.4 Å². The molecule has 1 rings (SSSR count). The van der Waals surface area contributed by atoms with Crippen molar-refractivity contribution in [1.82, 2.24) is 5.32 Å². The zero-order valence-corrected chi connectivity index (χ0v) is 14.2. The van der Waals surface area contributed by atoms with E-state index in [4.69, 9.17) is 5.11 Å². The average molecular weight is 356 g/mol. The van der Waals surface area contributed by atoms with Crippen LogP contribution in [-0.2, 0) is 4.79 Å². The first kappa shape index (κ1) is 17.7. The zero-order chi connectivity index (χ0) is 16.0. The summed E-state index contributed by atoms with van der Waals surface area (Å²) < 4.78 is 0.814. The highest BCUT2D eigenvalue weighted by atomic mass is 79.9. The molecule has 1 aromatic carbocycles. The third kappa shape index (κ3) is 5.50. The van der Waals surface area contributed by atoms with Crippen LogP contribution in [0, 0.1) is 12.8 Å². The van der Waals surface area contributed by atoms with Crippen LogP contribution in [0.4, 0.5) is 0 Å². The van der Waals surface area contributed by atoms with Crippen LogP contribution in [0.15, 0.2) is 22.7 Å². The van der Waals surface area contributed by atoms with Crippen LogP contribution in [0.5, 0.6) is 0 Å².